The van der Waals surface area contributed by atoms with Gasteiger partial charge in [-0.3, -0.25) is 0 Å². The van der Waals surface area contributed by atoms with Gasteiger partial charge in [-0.1, -0.05) is 74.0 Å². The van der Waals surface area contributed by atoms with Crippen molar-refractivity contribution in [3.05, 3.63) is 88.5 Å². The molecule has 0 saturated heterocycles. The molecule has 122 valence electrons. The van der Waals surface area contributed by atoms with E-state index in [2.05, 4.69) is 73.7 Å². The van der Waals surface area contributed by atoms with E-state index in [1.54, 1.807) is 0 Å². The second-order valence-corrected chi connectivity index (χ2v) is 7.22. The summed E-state index contributed by atoms with van der Waals surface area (Å²) in [5, 5.41) is 2.91. The fraction of sp³-hybridized carbons (Fsp3) is 0.200. The molecule has 0 fully saturated rings. The van der Waals surface area contributed by atoms with E-state index >= 15 is 0 Å². The van der Waals surface area contributed by atoms with Crippen molar-refractivity contribution in [1.29, 1.82) is 0 Å². The van der Waals surface area contributed by atoms with Crippen molar-refractivity contribution < 1.29 is 0 Å². The lowest BCUT2D eigenvalue weighted by molar-refractivity contribution is 0.975. The molecule has 0 heteroatoms. The zero-order chi connectivity index (χ0) is 16.8. The summed E-state index contributed by atoms with van der Waals surface area (Å²) in [7, 11) is 0. The summed E-state index contributed by atoms with van der Waals surface area (Å²) in [6, 6.07) is 20.3. The van der Waals surface area contributed by atoms with Crippen molar-refractivity contribution in [2.24, 2.45) is 0 Å². The number of allylic oxidation sites excluding steroid dienone is 3. The van der Waals surface area contributed by atoms with Crippen LogP contribution in [0.5, 0.6) is 0 Å². The van der Waals surface area contributed by atoms with Gasteiger partial charge < -0.3 is 0 Å². The van der Waals surface area contributed by atoms with E-state index < -0.39 is 0 Å². The first-order valence-electron chi connectivity index (χ1n) is 9.40. The second-order valence-electron chi connectivity index (χ2n) is 7.22. The van der Waals surface area contributed by atoms with Gasteiger partial charge in [-0.2, -0.15) is 0 Å². The average molecular weight is 322 g/mol. The number of hydrogen-bond donors (Lipinski definition) is 0. The van der Waals surface area contributed by atoms with Gasteiger partial charge in [-0.05, 0) is 75.1 Å². The highest BCUT2D eigenvalue weighted by molar-refractivity contribution is 6.06. The minimum absolute atomic E-state index is 1.15. The van der Waals surface area contributed by atoms with Crippen LogP contribution in [0.3, 0.4) is 0 Å². The quantitative estimate of drug-likeness (QED) is 0.505. The Bertz CT molecular complexity index is 1040. The molecule has 0 spiro atoms. The molecule has 0 atom stereocenters. The van der Waals surface area contributed by atoms with E-state index in [0.717, 1.165) is 6.42 Å². The smallest absolute Gasteiger partial charge is 0.0106 e. The highest BCUT2D eigenvalue weighted by atomic mass is 14.2. The topological polar surface area (TPSA) is 0 Å². The molecular formula is C25H22. The Morgan fingerprint density at radius 2 is 1.64 bits per heavy atom. The van der Waals surface area contributed by atoms with E-state index in [9.17, 15) is 0 Å². The molecule has 3 aromatic rings. The molecule has 0 aromatic heterocycles. The number of benzene rings is 3. The van der Waals surface area contributed by atoms with Crippen molar-refractivity contribution in [3.8, 4) is 0 Å². The van der Waals surface area contributed by atoms with Crippen molar-refractivity contribution in [2.75, 3.05) is 0 Å². The molecule has 25 heavy (non-hydrogen) atoms. The van der Waals surface area contributed by atoms with Crippen LogP contribution in [-0.4, -0.2) is 0 Å². The molecule has 0 aliphatic heterocycles. The van der Waals surface area contributed by atoms with Gasteiger partial charge >= 0.3 is 0 Å². The second kappa shape index (κ2) is 5.74. The molecule has 0 bridgehead atoms. The third kappa shape index (κ3) is 2.28. The molecular weight excluding hydrogens is 300 g/mol. The summed E-state index contributed by atoms with van der Waals surface area (Å²) in [4.78, 5) is 0. The van der Waals surface area contributed by atoms with Gasteiger partial charge in [0.25, 0.3) is 0 Å². The van der Waals surface area contributed by atoms with Crippen LogP contribution >= 0.6 is 0 Å². The van der Waals surface area contributed by atoms with E-state index in [0.29, 0.717) is 0 Å². The van der Waals surface area contributed by atoms with Crippen molar-refractivity contribution >= 4 is 28.0 Å². The number of fused-ring (bicyclic) bond motifs is 1. The monoisotopic (exact) mass is 322 g/mol. The maximum Gasteiger partial charge on any atom is -0.0106 e. The lowest BCUT2D eigenvalue weighted by atomic mass is 9.97. The summed E-state index contributed by atoms with van der Waals surface area (Å²) in [5.74, 6) is 0. The molecule has 3 aromatic carbocycles. The Morgan fingerprint density at radius 1 is 0.840 bits per heavy atom. The lowest BCUT2D eigenvalue weighted by Gasteiger charge is -2.07. The molecule has 0 unspecified atom stereocenters. The third-order valence-electron chi connectivity index (χ3n) is 5.65. The van der Waals surface area contributed by atoms with Gasteiger partial charge in [0, 0.05) is 0 Å². The predicted octanol–water partition coefficient (Wildman–Crippen LogP) is 6.68. The van der Waals surface area contributed by atoms with Crippen molar-refractivity contribution in [3.63, 3.8) is 0 Å². The number of hydrogen-bond acceptors (Lipinski definition) is 0. The molecule has 0 N–H and O–H groups in total. The Hall–Kier alpha value is -2.60. The van der Waals surface area contributed by atoms with Crippen LogP contribution in [0.4, 0.5) is 0 Å². The maximum atomic E-state index is 2.40. The lowest BCUT2D eigenvalue weighted by Crippen LogP contribution is -1.85. The summed E-state index contributed by atoms with van der Waals surface area (Å²) in [6.45, 7) is 2.26. The number of aryl methyl sites for hydroxylation is 2. The molecule has 0 amide bonds. The van der Waals surface area contributed by atoms with E-state index in [1.165, 1.54) is 69.0 Å². The maximum absolute atomic E-state index is 2.40. The standard InChI is InChI=1S/C25H22/c1-2-6-19-15-21(23-9-4-3-8-22(19)23)16-20-14-13-18-12-11-17-7-5-10-24(20)25(17)18/h3-5,7-10,13-16H,2,6,11-12H2,1H3/b21-16+. The molecule has 2 aliphatic carbocycles. The summed E-state index contributed by atoms with van der Waals surface area (Å²) < 4.78 is 0. The molecule has 0 radical (unpaired) electrons. The number of rotatable bonds is 3. The Morgan fingerprint density at radius 3 is 2.48 bits per heavy atom. The molecule has 5 rings (SSSR count). The fourth-order valence-corrected chi connectivity index (χ4v) is 4.52. The van der Waals surface area contributed by atoms with Crippen LogP contribution in [0.25, 0.3) is 28.0 Å². The van der Waals surface area contributed by atoms with Gasteiger partial charge in [0.2, 0.25) is 0 Å². The summed E-state index contributed by atoms with van der Waals surface area (Å²) in [6.07, 6.45) is 9.51. The molecule has 2 aliphatic rings. The van der Waals surface area contributed by atoms with Crippen LogP contribution in [0.1, 0.15) is 47.6 Å². The van der Waals surface area contributed by atoms with E-state index in [4.69, 9.17) is 0 Å². The molecule has 0 nitrogen and oxygen atoms in total. The van der Waals surface area contributed by atoms with Crippen molar-refractivity contribution in [2.45, 2.75) is 32.6 Å². The largest absolute Gasteiger partial charge is 0.0651 e. The highest BCUT2D eigenvalue weighted by Crippen LogP contribution is 2.40. The highest BCUT2D eigenvalue weighted by Gasteiger charge is 2.19. The first-order chi connectivity index (χ1) is 12.3. The van der Waals surface area contributed by atoms with E-state index in [-0.39, 0.29) is 0 Å². The first-order valence-corrected chi connectivity index (χ1v) is 9.40. The Balaban J connectivity index is 1.70. The first kappa shape index (κ1) is 14.7. The van der Waals surface area contributed by atoms with Gasteiger partial charge in [0.05, 0.1) is 0 Å². The van der Waals surface area contributed by atoms with Crippen LogP contribution in [0.2, 0.25) is 0 Å². The van der Waals surface area contributed by atoms with Crippen molar-refractivity contribution in [1.82, 2.24) is 0 Å². The van der Waals surface area contributed by atoms with Crippen LogP contribution in [0, 0.1) is 0 Å². The zero-order valence-electron chi connectivity index (χ0n) is 14.7. The van der Waals surface area contributed by atoms with Gasteiger partial charge in [0.15, 0.2) is 0 Å². The minimum atomic E-state index is 1.15. The summed E-state index contributed by atoms with van der Waals surface area (Å²) >= 11 is 0. The molecule has 0 saturated carbocycles. The van der Waals surface area contributed by atoms with Gasteiger partial charge in [-0.15, -0.1) is 0 Å². The van der Waals surface area contributed by atoms with Crippen LogP contribution in [0.15, 0.2) is 60.7 Å². The zero-order valence-corrected chi connectivity index (χ0v) is 14.7. The summed E-state index contributed by atoms with van der Waals surface area (Å²) in [5.41, 5.74) is 10.0. The van der Waals surface area contributed by atoms with E-state index in [1.807, 2.05) is 0 Å². The fourth-order valence-electron chi connectivity index (χ4n) is 4.52. The minimum Gasteiger partial charge on any atom is -0.0651 e. The Labute approximate surface area is 149 Å². The normalized spacial score (nSPS) is 16.5. The third-order valence-corrected chi connectivity index (χ3v) is 5.65. The molecule has 0 heterocycles. The Kier molecular flexibility index (Phi) is 3.38. The van der Waals surface area contributed by atoms with Crippen LogP contribution in [-0.2, 0) is 12.8 Å². The van der Waals surface area contributed by atoms with Crippen LogP contribution < -0.4 is 0 Å². The van der Waals surface area contributed by atoms with Gasteiger partial charge in [-0.25, -0.2) is 0 Å². The van der Waals surface area contributed by atoms with Gasteiger partial charge in [0.1, 0.15) is 0 Å². The average Bonchev–Trinajstić information content (AvgIpc) is 3.22. The SMILES string of the molecule is CCCC1=C/C(=C\c2ccc3c4c(cccc24)CC3)c2ccccc21. The predicted molar refractivity (Wildman–Crippen MR) is 109 cm³/mol.